The standard InChI is InChI=1S/C11H12BrN3OS/c1-2-10-14-15-11(17-10)13-6-7-3-4-9(16)8(12)5-7/h3-5,16H,2,6H2,1H3,(H,13,15). The van der Waals surface area contributed by atoms with Crippen LogP contribution in [0.3, 0.4) is 0 Å². The highest BCUT2D eigenvalue weighted by Crippen LogP contribution is 2.25. The number of benzene rings is 1. The van der Waals surface area contributed by atoms with E-state index in [2.05, 4.69) is 38.4 Å². The van der Waals surface area contributed by atoms with E-state index in [1.54, 1.807) is 17.4 Å². The van der Waals surface area contributed by atoms with E-state index < -0.39 is 0 Å². The van der Waals surface area contributed by atoms with Crippen molar-refractivity contribution in [1.29, 1.82) is 0 Å². The number of anilines is 1. The Morgan fingerprint density at radius 2 is 2.24 bits per heavy atom. The van der Waals surface area contributed by atoms with E-state index in [1.807, 2.05) is 12.1 Å². The molecule has 2 aromatic rings. The Kier molecular flexibility index (Phi) is 3.96. The van der Waals surface area contributed by atoms with Crippen molar-refractivity contribution in [2.75, 3.05) is 5.32 Å². The first-order chi connectivity index (χ1) is 8.19. The summed E-state index contributed by atoms with van der Waals surface area (Å²) < 4.78 is 0.698. The molecular formula is C11H12BrN3OS. The Morgan fingerprint density at radius 1 is 1.41 bits per heavy atom. The monoisotopic (exact) mass is 313 g/mol. The molecule has 0 saturated heterocycles. The topological polar surface area (TPSA) is 58.0 Å². The third kappa shape index (κ3) is 3.17. The second-order valence-electron chi connectivity index (χ2n) is 3.49. The molecule has 2 N–H and O–H groups in total. The van der Waals surface area contributed by atoms with Crippen molar-refractivity contribution in [1.82, 2.24) is 10.2 Å². The molecule has 90 valence electrons. The van der Waals surface area contributed by atoms with Gasteiger partial charge in [-0.05, 0) is 40.0 Å². The highest BCUT2D eigenvalue weighted by Gasteiger charge is 2.03. The number of hydrogen-bond donors (Lipinski definition) is 2. The van der Waals surface area contributed by atoms with E-state index in [0.717, 1.165) is 22.1 Å². The van der Waals surface area contributed by atoms with Crippen LogP contribution in [-0.2, 0) is 13.0 Å². The molecule has 0 amide bonds. The number of aromatic hydroxyl groups is 1. The molecule has 0 aliphatic rings. The molecule has 0 fully saturated rings. The van der Waals surface area contributed by atoms with Gasteiger partial charge in [0.1, 0.15) is 10.8 Å². The average molecular weight is 314 g/mol. The van der Waals surface area contributed by atoms with Crippen molar-refractivity contribution in [2.24, 2.45) is 0 Å². The number of phenols is 1. The fourth-order valence-electron chi connectivity index (χ4n) is 1.31. The number of aryl methyl sites for hydroxylation is 1. The van der Waals surface area contributed by atoms with Crippen molar-refractivity contribution < 1.29 is 5.11 Å². The number of halogens is 1. The molecule has 1 heterocycles. The van der Waals surface area contributed by atoms with Gasteiger partial charge in [-0.2, -0.15) is 0 Å². The lowest BCUT2D eigenvalue weighted by Crippen LogP contribution is -1.98. The zero-order chi connectivity index (χ0) is 12.3. The molecule has 0 aliphatic heterocycles. The summed E-state index contributed by atoms with van der Waals surface area (Å²) in [6.07, 6.45) is 0.907. The average Bonchev–Trinajstić information content (AvgIpc) is 2.79. The van der Waals surface area contributed by atoms with Gasteiger partial charge in [0.05, 0.1) is 4.47 Å². The summed E-state index contributed by atoms with van der Waals surface area (Å²) in [5.41, 5.74) is 1.07. The molecule has 0 saturated carbocycles. The van der Waals surface area contributed by atoms with Gasteiger partial charge in [0, 0.05) is 6.54 Å². The quantitative estimate of drug-likeness (QED) is 0.910. The maximum Gasteiger partial charge on any atom is 0.205 e. The van der Waals surface area contributed by atoms with Gasteiger partial charge >= 0.3 is 0 Å². The summed E-state index contributed by atoms with van der Waals surface area (Å²) in [4.78, 5) is 0. The van der Waals surface area contributed by atoms with Crippen LogP contribution < -0.4 is 5.32 Å². The molecule has 0 aliphatic carbocycles. The first-order valence-electron chi connectivity index (χ1n) is 5.22. The third-order valence-electron chi connectivity index (χ3n) is 2.23. The summed E-state index contributed by atoms with van der Waals surface area (Å²) in [5, 5.41) is 22.5. The van der Waals surface area contributed by atoms with Crippen LogP contribution in [-0.4, -0.2) is 15.3 Å². The van der Waals surface area contributed by atoms with Crippen LogP contribution in [0.4, 0.5) is 5.13 Å². The number of phenolic OH excluding ortho intramolecular Hbond substituents is 1. The minimum atomic E-state index is 0.248. The van der Waals surface area contributed by atoms with Crippen molar-refractivity contribution in [3.8, 4) is 5.75 Å². The predicted octanol–water partition coefficient (Wildman–Crippen LogP) is 3.18. The van der Waals surface area contributed by atoms with E-state index in [9.17, 15) is 5.11 Å². The number of nitrogens with zero attached hydrogens (tertiary/aromatic N) is 2. The van der Waals surface area contributed by atoms with Crippen LogP contribution in [0.2, 0.25) is 0 Å². The fraction of sp³-hybridized carbons (Fsp3) is 0.273. The second kappa shape index (κ2) is 5.46. The Balaban J connectivity index is 1.99. The second-order valence-corrected chi connectivity index (χ2v) is 5.41. The molecule has 2 rings (SSSR count). The van der Waals surface area contributed by atoms with Gasteiger partial charge in [0.25, 0.3) is 0 Å². The van der Waals surface area contributed by atoms with E-state index in [4.69, 9.17) is 0 Å². The first-order valence-corrected chi connectivity index (χ1v) is 6.83. The molecular weight excluding hydrogens is 302 g/mol. The van der Waals surface area contributed by atoms with Crippen molar-refractivity contribution in [3.63, 3.8) is 0 Å². The van der Waals surface area contributed by atoms with Gasteiger partial charge in [-0.3, -0.25) is 0 Å². The molecule has 17 heavy (non-hydrogen) atoms. The van der Waals surface area contributed by atoms with Crippen molar-refractivity contribution >= 4 is 32.4 Å². The minimum absolute atomic E-state index is 0.248. The number of nitrogens with one attached hydrogen (secondary N) is 1. The summed E-state index contributed by atoms with van der Waals surface area (Å²) in [6, 6.07) is 5.41. The Labute approximate surface area is 112 Å². The highest BCUT2D eigenvalue weighted by atomic mass is 79.9. The third-order valence-corrected chi connectivity index (χ3v) is 3.89. The summed E-state index contributed by atoms with van der Waals surface area (Å²) in [5.74, 6) is 0.248. The van der Waals surface area contributed by atoms with Gasteiger partial charge in [-0.1, -0.05) is 24.3 Å². The molecule has 0 bridgehead atoms. The molecule has 0 spiro atoms. The summed E-state index contributed by atoms with van der Waals surface area (Å²) >= 11 is 4.85. The summed E-state index contributed by atoms with van der Waals surface area (Å²) in [7, 11) is 0. The maximum atomic E-state index is 9.38. The number of hydrogen-bond acceptors (Lipinski definition) is 5. The Bertz CT molecular complexity index is 515. The number of aromatic nitrogens is 2. The molecule has 6 heteroatoms. The lowest BCUT2D eigenvalue weighted by Gasteiger charge is -2.04. The SMILES string of the molecule is CCc1nnc(NCc2ccc(O)c(Br)c2)s1. The molecule has 4 nitrogen and oxygen atoms in total. The first kappa shape index (κ1) is 12.3. The minimum Gasteiger partial charge on any atom is -0.507 e. The predicted molar refractivity (Wildman–Crippen MR) is 72.4 cm³/mol. The molecule has 0 atom stereocenters. The zero-order valence-corrected chi connectivity index (χ0v) is 11.7. The summed E-state index contributed by atoms with van der Waals surface area (Å²) in [6.45, 7) is 2.72. The van der Waals surface area contributed by atoms with Gasteiger partial charge in [-0.25, -0.2) is 0 Å². The van der Waals surface area contributed by atoms with E-state index in [0.29, 0.717) is 11.0 Å². The highest BCUT2D eigenvalue weighted by molar-refractivity contribution is 9.10. The molecule has 0 radical (unpaired) electrons. The van der Waals surface area contributed by atoms with Crippen LogP contribution in [0.1, 0.15) is 17.5 Å². The van der Waals surface area contributed by atoms with Crippen LogP contribution in [0.5, 0.6) is 5.75 Å². The Hall–Kier alpha value is -1.14. The van der Waals surface area contributed by atoms with Crippen LogP contribution in [0.25, 0.3) is 0 Å². The van der Waals surface area contributed by atoms with Crippen molar-refractivity contribution in [3.05, 3.63) is 33.2 Å². The lowest BCUT2D eigenvalue weighted by atomic mass is 10.2. The smallest absolute Gasteiger partial charge is 0.205 e. The molecule has 1 aromatic carbocycles. The fourth-order valence-corrected chi connectivity index (χ4v) is 2.41. The zero-order valence-electron chi connectivity index (χ0n) is 9.27. The van der Waals surface area contributed by atoms with Gasteiger partial charge in [0.15, 0.2) is 0 Å². The molecule has 1 aromatic heterocycles. The van der Waals surface area contributed by atoms with Gasteiger partial charge in [-0.15, -0.1) is 10.2 Å². The van der Waals surface area contributed by atoms with Crippen molar-refractivity contribution in [2.45, 2.75) is 19.9 Å². The van der Waals surface area contributed by atoms with Crippen LogP contribution in [0, 0.1) is 0 Å². The van der Waals surface area contributed by atoms with Crippen LogP contribution >= 0.6 is 27.3 Å². The van der Waals surface area contributed by atoms with E-state index in [1.165, 1.54) is 0 Å². The number of rotatable bonds is 4. The maximum absolute atomic E-state index is 9.38. The van der Waals surface area contributed by atoms with Gasteiger partial charge < -0.3 is 10.4 Å². The normalized spacial score (nSPS) is 10.5. The largest absolute Gasteiger partial charge is 0.507 e. The molecule has 0 unspecified atom stereocenters. The van der Waals surface area contributed by atoms with Gasteiger partial charge in [0.2, 0.25) is 5.13 Å². The van der Waals surface area contributed by atoms with E-state index >= 15 is 0 Å². The Morgan fingerprint density at radius 3 is 2.88 bits per heavy atom. The lowest BCUT2D eigenvalue weighted by molar-refractivity contribution is 0.471. The van der Waals surface area contributed by atoms with Crippen LogP contribution in [0.15, 0.2) is 22.7 Å². The van der Waals surface area contributed by atoms with E-state index in [-0.39, 0.29) is 5.75 Å².